The van der Waals surface area contributed by atoms with Crippen molar-refractivity contribution < 1.29 is 4.79 Å². The van der Waals surface area contributed by atoms with Gasteiger partial charge in [0.15, 0.2) is 0 Å². The van der Waals surface area contributed by atoms with E-state index >= 15 is 0 Å². The number of imidazole rings is 1. The fraction of sp³-hybridized carbons (Fsp3) is 0.312. The molecule has 0 aliphatic rings. The molecule has 22 heavy (non-hydrogen) atoms. The quantitative estimate of drug-likeness (QED) is 0.778. The smallest absolute Gasteiger partial charge is 0.220 e. The van der Waals surface area contributed by atoms with Crippen LogP contribution in [-0.4, -0.2) is 25.1 Å². The van der Waals surface area contributed by atoms with Gasteiger partial charge in [0.1, 0.15) is 5.65 Å². The maximum atomic E-state index is 12.0. The minimum absolute atomic E-state index is 0.0313. The van der Waals surface area contributed by atoms with Crippen molar-refractivity contribution in [3.63, 3.8) is 0 Å². The van der Waals surface area contributed by atoms with E-state index < -0.39 is 0 Å². The average molecular weight is 297 g/mol. The summed E-state index contributed by atoms with van der Waals surface area (Å²) in [5.41, 5.74) is 4.09. The summed E-state index contributed by atoms with van der Waals surface area (Å²) in [5, 5.41) is 7.05. The predicted molar refractivity (Wildman–Crippen MR) is 83.3 cm³/mol. The van der Waals surface area contributed by atoms with Gasteiger partial charge in [0, 0.05) is 31.6 Å². The number of nitrogens with one attached hydrogen (secondary N) is 1. The third-order valence-corrected chi connectivity index (χ3v) is 3.80. The molecular formula is C16H19N5O. The van der Waals surface area contributed by atoms with Crippen LogP contribution >= 0.6 is 0 Å². The highest BCUT2D eigenvalue weighted by Crippen LogP contribution is 2.10. The van der Waals surface area contributed by atoms with Crippen molar-refractivity contribution >= 4 is 11.6 Å². The standard InChI is InChI=1S/C16H19N5O/c1-12-4-3-9-21-14(11-18-16(12)21)10-17-15(22)6-5-13-7-8-19-20(13)2/h3-4,7-9,11H,5-6,10H2,1-2H3,(H,17,22). The minimum Gasteiger partial charge on any atom is -0.350 e. The second-order valence-corrected chi connectivity index (χ2v) is 5.36. The van der Waals surface area contributed by atoms with E-state index in [0.717, 1.165) is 22.6 Å². The van der Waals surface area contributed by atoms with Crippen LogP contribution in [0.15, 0.2) is 36.8 Å². The number of hydrogen-bond acceptors (Lipinski definition) is 3. The number of amides is 1. The lowest BCUT2D eigenvalue weighted by Crippen LogP contribution is -2.24. The Morgan fingerprint density at radius 3 is 2.95 bits per heavy atom. The lowest BCUT2D eigenvalue weighted by atomic mass is 10.2. The summed E-state index contributed by atoms with van der Waals surface area (Å²) >= 11 is 0. The SMILES string of the molecule is Cc1cccn2c(CNC(=O)CCc3ccnn3C)cnc12. The Balaban J connectivity index is 1.58. The Kier molecular flexibility index (Phi) is 3.91. The summed E-state index contributed by atoms with van der Waals surface area (Å²) in [6.45, 7) is 2.51. The van der Waals surface area contributed by atoms with E-state index in [-0.39, 0.29) is 5.91 Å². The van der Waals surface area contributed by atoms with Gasteiger partial charge in [-0.3, -0.25) is 9.48 Å². The first-order chi connectivity index (χ1) is 10.6. The molecule has 0 unspecified atom stereocenters. The molecule has 0 saturated carbocycles. The Labute approximate surface area is 128 Å². The number of fused-ring (bicyclic) bond motifs is 1. The Morgan fingerprint density at radius 1 is 1.32 bits per heavy atom. The highest BCUT2D eigenvalue weighted by molar-refractivity contribution is 5.76. The van der Waals surface area contributed by atoms with Crippen molar-refractivity contribution in [1.29, 1.82) is 0 Å². The summed E-state index contributed by atoms with van der Waals surface area (Å²) in [5.74, 6) is 0.0313. The first-order valence-corrected chi connectivity index (χ1v) is 7.30. The minimum atomic E-state index is 0.0313. The van der Waals surface area contributed by atoms with Crippen LogP contribution in [-0.2, 0) is 24.8 Å². The third-order valence-electron chi connectivity index (χ3n) is 3.80. The van der Waals surface area contributed by atoms with Gasteiger partial charge in [-0.05, 0) is 31.0 Å². The molecule has 0 atom stereocenters. The van der Waals surface area contributed by atoms with Gasteiger partial charge in [-0.25, -0.2) is 4.98 Å². The zero-order chi connectivity index (χ0) is 15.5. The molecule has 6 heteroatoms. The Hall–Kier alpha value is -2.63. The van der Waals surface area contributed by atoms with E-state index in [2.05, 4.69) is 15.4 Å². The molecule has 0 aliphatic carbocycles. The molecule has 0 radical (unpaired) electrons. The Morgan fingerprint density at radius 2 is 2.18 bits per heavy atom. The normalized spacial score (nSPS) is 11.0. The largest absolute Gasteiger partial charge is 0.350 e. The van der Waals surface area contributed by atoms with Crippen molar-refractivity contribution in [3.8, 4) is 0 Å². The van der Waals surface area contributed by atoms with Crippen LogP contribution in [0.25, 0.3) is 5.65 Å². The number of pyridine rings is 1. The third kappa shape index (κ3) is 2.86. The zero-order valence-corrected chi connectivity index (χ0v) is 12.8. The fourth-order valence-electron chi connectivity index (χ4n) is 2.50. The van der Waals surface area contributed by atoms with Crippen LogP contribution < -0.4 is 5.32 Å². The van der Waals surface area contributed by atoms with Crippen LogP contribution in [0, 0.1) is 6.92 Å². The van der Waals surface area contributed by atoms with Crippen molar-refractivity contribution in [1.82, 2.24) is 24.5 Å². The molecule has 0 aromatic carbocycles. The summed E-state index contributed by atoms with van der Waals surface area (Å²) in [6.07, 6.45) is 6.66. The second kappa shape index (κ2) is 6.01. The molecule has 114 valence electrons. The lowest BCUT2D eigenvalue weighted by molar-refractivity contribution is -0.121. The molecule has 3 heterocycles. The molecule has 3 aromatic rings. The van der Waals surface area contributed by atoms with Crippen LogP contribution in [0.1, 0.15) is 23.4 Å². The van der Waals surface area contributed by atoms with Gasteiger partial charge < -0.3 is 9.72 Å². The zero-order valence-electron chi connectivity index (χ0n) is 12.8. The highest BCUT2D eigenvalue weighted by Gasteiger charge is 2.08. The highest BCUT2D eigenvalue weighted by atomic mass is 16.1. The lowest BCUT2D eigenvalue weighted by Gasteiger charge is -2.06. The maximum Gasteiger partial charge on any atom is 0.220 e. The average Bonchev–Trinajstić information content (AvgIpc) is 3.10. The van der Waals surface area contributed by atoms with Gasteiger partial charge >= 0.3 is 0 Å². The number of aryl methyl sites for hydroxylation is 3. The van der Waals surface area contributed by atoms with Gasteiger partial charge in [-0.15, -0.1) is 0 Å². The molecule has 1 amide bonds. The first kappa shape index (κ1) is 14.3. The number of hydrogen-bond donors (Lipinski definition) is 1. The molecule has 0 spiro atoms. The van der Waals surface area contributed by atoms with E-state index in [9.17, 15) is 4.79 Å². The van der Waals surface area contributed by atoms with Crippen LogP contribution in [0.3, 0.4) is 0 Å². The summed E-state index contributed by atoms with van der Waals surface area (Å²) in [4.78, 5) is 16.4. The molecular weight excluding hydrogens is 278 g/mol. The summed E-state index contributed by atoms with van der Waals surface area (Å²) < 4.78 is 3.80. The molecule has 3 aromatic heterocycles. The van der Waals surface area contributed by atoms with Crippen LogP contribution in [0.5, 0.6) is 0 Å². The Bertz CT molecular complexity index is 802. The number of carbonyl (C=O) groups excluding carboxylic acids is 1. The molecule has 0 bridgehead atoms. The van der Waals surface area contributed by atoms with Gasteiger partial charge in [-0.2, -0.15) is 5.10 Å². The number of rotatable bonds is 5. The number of carbonyl (C=O) groups is 1. The molecule has 3 rings (SSSR count). The van der Waals surface area contributed by atoms with E-state index in [4.69, 9.17) is 0 Å². The fourth-order valence-corrected chi connectivity index (χ4v) is 2.50. The second-order valence-electron chi connectivity index (χ2n) is 5.36. The van der Waals surface area contributed by atoms with Gasteiger partial charge in [0.2, 0.25) is 5.91 Å². The van der Waals surface area contributed by atoms with E-state index in [1.54, 1.807) is 10.9 Å². The monoisotopic (exact) mass is 297 g/mol. The van der Waals surface area contributed by atoms with Gasteiger partial charge in [-0.1, -0.05) is 6.07 Å². The number of nitrogens with zero attached hydrogens (tertiary/aromatic N) is 4. The molecule has 1 N–H and O–H groups in total. The summed E-state index contributed by atoms with van der Waals surface area (Å²) in [7, 11) is 1.88. The maximum absolute atomic E-state index is 12.0. The van der Waals surface area contributed by atoms with E-state index in [1.807, 2.05) is 49.0 Å². The van der Waals surface area contributed by atoms with Crippen molar-refractivity contribution in [3.05, 3.63) is 53.7 Å². The van der Waals surface area contributed by atoms with Crippen molar-refractivity contribution in [2.24, 2.45) is 7.05 Å². The van der Waals surface area contributed by atoms with E-state index in [1.165, 1.54) is 0 Å². The molecule has 0 fully saturated rings. The molecule has 6 nitrogen and oxygen atoms in total. The van der Waals surface area contributed by atoms with Crippen LogP contribution in [0.4, 0.5) is 0 Å². The van der Waals surface area contributed by atoms with E-state index in [0.29, 0.717) is 19.4 Å². The van der Waals surface area contributed by atoms with Gasteiger partial charge in [0.05, 0.1) is 18.4 Å². The van der Waals surface area contributed by atoms with Crippen molar-refractivity contribution in [2.45, 2.75) is 26.3 Å². The summed E-state index contributed by atoms with van der Waals surface area (Å²) in [6, 6.07) is 5.94. The molecule has 0 aliphatic heterocycles. The molecule has 0 saturated heterocycles. The van der Waals surface area contributed by atoms with Crippen LogP contribution in [0.2, 0.25) is 0 Å². The first-order valence-electron chi connectivity index (χ1n) is 7.30. The van der Waals surface area contributed by atoms with Gasteiger partial charge in [0.25, 0.3) is 0 Å². The number of aromatic nitrogens is 4. The predicted octanol–water partition coefficient (Wildman–Crippen LogP) is 1.63. The van der Waals surface area contributed by atoms with Crippen molar-refractivity contribution in [2.75, 3.05) is 0 Å². The topological polar surface area (TPSA) is 64.2 Å².